The zero-order valence-corrected chi connectivity index (χ0v) is 10.2. The number of carbonyl (C=O) groups is 1. The Hall–Kier alpha value is -2.42. The number of ether oxygens (including phenoxy) is 1. The SMILES string of the molecule is O=C(O)c1cc(COCc2c(F)c(F)cc(F)c2F)on1. The summed E-state index contributed by atoms with van der Waals surface area (Å²) >= 11 is 0. The van der Waals surface area contributed by atoms with Crippen LogP contribution in [0.2, 0.25) is 0 Å². The van der Waals surface area contributed by atoms with Crippen molar-refractivity contribution < 1.29 is 36.7 Å². The van der Waals surface area contributed by atoms with Crippen molar-refractivity contribution in [1.82, 2.24) is 5.16 Å². The number of hydrogen-bond acceptors (Lipinski definition) is 4. The Morgan fingerprint density at radius 2 is 1.76 bits per heavy atom. The van der Waals surface area contributed by atoms with Gasteiger partial charge in [0.15, 0.2) is 34.7 Å². The molecule has 5 nitrogen and oxygen atoms in total. The molecule has 0 bridgehead atoms. The molecule has 1 N–H and O–H groups in total. The summed E-state index contributed by atoms with van der Waals surface area (Å²) in [6.45, 7) is -1.15. The molecule has 1 aromatic carbocycles. The van der Waals surface area contributed by atoms with Gasteiger partial charge in [-0.05, 0) is 0 Å². The number of aromatic carboxylic acids is 1. The van der Waals surface area contributed by atoms with Gasteiger partial charge in [-0.15, -0.1) is 0 Å². The van der Waals surface area contributed by atoms with Gasteiger partial charge in [-0.3, -0.25) is 0 Å². The molecule has 0 saturated carbocycles. The number of rotatable bonds is 5. The molecule has 0 aliphatic carbocycles. The Morgan fingerprint density at radius 3 is 2.29 bits per heavy atom. The monoisotopic (exact) mass is 305 g/mol. The van der Waals surface area contributed by atoms with Gasteiger partial charge in [-0.1, -0.05) is 5.16 Å². The topological polar surface area (TPSA) is 72.6 Å². The Bertz CT molecular complexity index is 660. The highest BCUT2D eigenvalue weighted by molar-refractivity contribution is 5.85. The minimum atomic E-state index is -1.56. The summed E-state index contributed by atoms with van der Waals surface area (Å²) in [5.41, 5.74) is -1.28. The standard InChI is InChI=1S/C12H7F4NO4/c13-7-2-8(14)11(16)6(10(7)15)4-20-3-5-1-9(12(18)19)17-21-5/h1-2H,3-4H2,(H,18,19). The predicted molar refractivity (Wildman–Crippen MR) is 58.2 cm³/mol. The predicted octanol–water partition coefficient (Wildman–Crippen LogP) is 2.65. The number of hydrogen-bond donors (Lipinski definition) is 1. The molecule has 0 radical (unpaired) electrons. The van der Waals surface area contributed by atoms with Crippen LogP contribution in [0.15, 0.2) is 16.7 Å². The van der Waals surface area contributed by atoms with E-state index < -0.39 is 41.4 Å². The third-order valence-electron chi connectivity index (χ3n) is 2.47. The van der Waals surface area contributed by atoms with Gasteiger partial charge in [-0.2, -0.15) is 0 Å². The minimum absolute atomic E-state index is 0.0231. The fraction of sp³-hybridized carbons (Fsp3) is 0.167. The Kier molecular flexibility index (Phi) is 4.22. The van der Waals surface area contributed by atoms with Crippen LogP contribution < -0.4 is 0 Å². The molecule has 1 heterocycles. The molecule has 1 aromatic heterocycles. The molecule has 2 rings (SSSR count). The van der Waals surface area contributed by atoms with Gasteiger partial charge < -0.3 is 14.4 Å². The molecule has 0 spiro atoms. The highest BCUT2D eigenvalue weighted by atomic mass is 19.2. The number of halogens is 4. The molecule has 0 aliphatic heterocycles. The lowest BCUT2D eigenvalue weighted by Crippen LogP contribution is -2.05. The van der Waals surface area contributed by atoms with Crippen molar-refractivity contribution in [3.63, 3.8) is 0 Å². The summed E-state index contributed by atoms with van der Waals surface area (Å²) in [4.78, 5) is 10.5. The van der Waals surface area contributed by atoms with Crippen LogP contribution in [0.25, 0.3) is 0 Å². The lowest BCUT2D eigenvalue weighted by Gasteiger charge is -2.06. The second-order valence-corrected chi connectivity index (χ2v) is 3.92. The minimum Gasteiger partial charge on any atom is -0.476 e. The zero-order valence-electron chi connectivity index (χ0n) is 10.2. The highest BCUT2D eigenvalue weighted by Crippen LogP contribution is 2.20. The molecule has 9 heteroatoms. The summed E-state index contributed by atoms with van der Waals surface area (Å²) in [6, 6.07) is 1.13. The van der Waals surface area contributed by atoms with Crippen LogP contribution in [-0.2, 0) is 18.0 Å². The number of carboxylic acids is 1. The summed E-state index contributed by atoms with van der Waals surface area (Å²) < 4.78 is 61.9. The van der Waals surface area contributed by atoms with Gasteiger partial charge in [0.25, 0.3) is 0 Å². The smallest absolute Gasteiger partial charge is 0.358 e. The summed E-state index contributed by atoms with van der Waals surface area (Å²) in [6.07, 6.45) is 0. The van der Waals surface area contributed by atoms with Crippen molar-refractivity contribution in [2.45, 2.75) is 13.2 Å². The van der Waals surface area contributed by atoms with E-state index in [0.717, 1.165) is 6.07 Å². The molecule has 0 fully saturated rings. The Labute approximate surface area is 114 Å². The van der Waals surface area contributed by atoms with E-state index in [-0.39, 0.29) is 24.1 Å². The van der Waals surface area contributed by atoms with E-state index in [0.29, 0.717) is 0 Å². The third kappa shape index (κ3) is 3.19. The van der Waals surface area contributed by atoms with Crippen LogP contribution in [0.4, 0.5) is 17.6 Å². The average molecular weight is 305 g/mol. The molecular formula is C12H7F4NO4. The molecule has 0 atom stereocenters. The third-order valence-corrected chi connectivity index (χ3v) is 2.47. The van der Waals surface area contributed by atoms with Crippen molar-refractivity contribution in [3.8, 4) is 0 Å². The van der Waals surface area contributed by atoms with Gasteiger partial charge in [-0.25, -0.2) is 22.4 Å². The van der Waals surface area contributed by atoms with Gasteiger partial charge >= 0.3 is 5.97 Å². The fourth-order valence-corrected chi connectivity index (χ4v) is 1.48. The zero-order chi connectivity index (χ0) is 15.6. The Balaban J connectivity index is 2.05. The second kappa shape index (κ2) is 5.92. The lowest BCUT2D eigenvalue weighted by molar-refractivity contribution is 0.0682. The molecule has 2 aromatic rings. The quantitative estimate of drug-likeness (QED) is 0.679. The average Bonchev–Trinajstić information content (AvgIpc) is 2.89. The first-order valence-electron chi connectivity index (χ1n) is 5.48. The molecule has 21 heavy (non-hydrogen) atoms. The normalized spacial score (nSPS) is 10.9. The number of benzene rings is 1. The number of aromatic nitrogens is 1. The molecule has 0 aliphatic rings. The van der Waals surface area contributed by atoms with Gasteiger partial charge in [0.2, 0.25) is 0 Å². The van der Waals surface area contributed by atoms with E-state index in [1.807, 2.05) is 0 Å². The van der Waals surface area contributed by atoms with Crippen molar-refractivity contribution >= 4 is 5.97 Å². The van der Waals surface area contributed by atoms with Crippen molar-refractivity contribution in [1.29, 1.82) is 0 Å². The first-order chi connectivity index (χ1) is 9.90. The lowest BCUT2D eigenvalue weighted by atomic mass is 10.2. The number of nitrogens with zero attached hydrogens (tertiary/aromatic N) is 1. The molecule has 0 amide bonds. The maximum atomic E-state index is 13.3. The van der Waals surface area contributed by atoms with Crippen LogP contribution >= 0.6 is 0 Å². The molecule has 0 unspecified atom stereocenters. The van der Waals surface area contributed by atoms with Gasteiger partial charge in [0.05, 0.1) is 12.2 Å². The second-order valence-electron chi connectivity index (χ2n) is 3.92. The fourth-order valence-electron chi connectivity index (χ4n) is 1.48. The van der Waals surface area contributed by atoms with Crippen LogP contribution in [-0.4, -0.2) is 16.2 Å². The van der Waals surface area contributed by atoms with E-state index in [1.165, 1.54) is 0 Å². The summed E-state index contributed by atoms with van der Waals surface area (Å²) in [7, 11) is 0. The van der Waals surface area contributed by atoms with Crippen LogP contribution in [0.5, 0.6) is 0 Å². The van der Waals surface area contributed by atoms with Crippen molar-refractivity contribution in [2.24, 2.45) is 0 Å². The van der Waals surface area contributed by atoms with Crippen LogP contribution in [0.1, 0.15) is 21.8 Å². The highest BCUT2D eigenvalue weighted by Gasteiger charge is 2.19. The van der Waals surface area contributed by atoms with Crippen LogP contribution in [0.3, 0.4) is 0 Å². The molecule has 112 valence electrons. The largest absolute Gasteiger partial charge is 0.476 e. The maximum absolute atomic E-state index is 13.3. The summed E-state index contributed by atoms with van der Waals surface area (Å²) in [5.74, 6) is -7.55. The van der Waals surface area contributed by atoms with E-state index in [1.54, 1.807) is 0 Å². The van der Waals surface area contributed by atoms with E-state index >= 15 is 0 Å². The first kappa shape index (κ1) is 15.0. The van der Waals surface area contributed by atoms with Gasteiger partial charge in [0.1, 0.15) is 6.61 Å². The van der Waals surface area contributed by atoms with E-state index in [2.05, 4.69) is 9.68 Å². The first-order valence-corrected chi connectivity index (χ1v) is 5.48. The van der Waals surface area contributed by atoms with Crippen LogP contribution in [0, 0.1) is 23.3 Å². The van der Waals surface area contributed by atoms with E-state index in [9.17, 15) is 22.4 Å². The molecule has 0 saturated heterocycles. The van der Waals surface area contributed by atoms with Crippen molar-refractivity contribution in [2.75, 3.05) is 0 Å². The van der Waals surface area contributed by atoms with Gasteiger partial charge in [0, 0.05) is 12.1 Å². The number of carboxylic acid groups (broad SMARTS) is 1. The van der Waals surface area contributed by atoms with Crippen molar-refractivity contribution in [3.05, 3.63) is 52.4 Å². The maximum Gasteiger partial charge on any atom is 0.358 e. The van der Waals surface area contributed by atoms with E-state index in [4.69, 9.17) is 9.84 Å². The Morgan fingerprint density at radius 1 is 1.14 bits per heavy atom. The molecular weight excluding hydrogens is 298 g/mol. The summed E-state index contributed by atoms with van der Waals surface area (Å²) in [5, 5.41) is 11.8.